The Labute approximate surface area is 121 Å². The summed E-state index contributed by atoms with van der Waals surface area (Å²) in [5, 5.41) is 10.6. The van der Waals surface area contributed by atoms with Crippen LogP contribution >= 0.6 is 0 Å². The number of aromatic hydroxyl groups is 1. The van der Waals surface area contributed by atoms with Crippen LogP contribution in [0.4, 0.5) is 0 Å². The normalized spacial score (nSPS) is 11.0. The number of rotatable bonds is 3. The summed E-state index contributed by atoms with van der Waals surface area (Å²) in [6, 6.07) is 12.1. The van der Waals surface area contributed by atoms with Gasteiger partial charge in [-0.05, 0) is 35.9 Å². The number of para-hydroxylation sites is 1. The highest BCUT2D eigenvalue weighted by molar-refractivity contribution is 6.07. The number of ketones is 1. The number of hydrogen-bond acceptors (Lipinski definition) is 4. The van der Waals surface area contributed by atoms with E-state index in [0.717, 1.165) is 5.56 Å². The van der Waals surface area contributed by atoms with E-state index in [4.69, 9.17) is 0 Å². The minimum atomic E-state index is -0.257. The largest absolute Gasteiger partial charge is 0.507 e. The molecule has 0 atom stereocenters. The van der Waals surface area contributed by atoms with E-state index >= 15 is 0 Å². The Balaban J connectivity index is 1.93. The number of fused-ring (bicyclic) bond motifs is 1. The van der Waals surface area contributed by atoms with Crippen LogP contribution in [0, 0.1) is 0 Å². The number of nitrogens with zero attached hydrogens (tertiary/aromatic N) is 2. The zero-order chi connectivity index (χ0) is 14.7. The predicted molar refractivity (Wildman–Crippen MR) is 81.0 cm³/mol. The molecule has 2 aromatic heterocycles. The quantitative estimate of drug-likeness (QED) is 0.589. The molecular formula is C17H12N2O2. The first-order chi connectivity index (χ1) is 10.2. The first kappa shape index (κ1) is 13.0. The van der Waals surface area contributed by atoms with E-state index in [9.17, 15) is 9.90 Å². The molecule has 0 amide bonds. The van der Waals surface area contributed by atoms with Crippen LogP contribution in [0.3, 0.4) is 0 Å². The summed E-state index contributed by atoms with van der Waals surface area (Å²) in [6.07, 6.45) is 6.44. The van der Waals surface area contributed by atoms with Crippen molar-refractivity contribution in [1.29, 1.82) is 0 Å². The van der Waals surface area contributed by atoms with Gasteiger partial charge in [0.1, 0.15) is 11.4 Å². The van der Waals surface area contributed by atoms with E-state index in [1.807, 2.05) is 12.1 Å². The van der Waals surface area contributed by atoms with E-state index in [1.165, 1.54) is 12.1 Å². The number of pyridine rings is 2. The van der Waals surface area contributed by atoms with Crippen molar-refractivity contribution in [3.05, 3.63) is 72.2 Å². The van der Waals surface area contributed by atoms with Crippen LogP contribution in [0.25, 0.3) is 17.0 Å². The standard InChI is InChI=1S/C17H12N2O2/c20-16(6-5-12-7-9-18-10-8-12)15-11-17(21)13-3-1-2-4-14(13)19-15/h1-11H,(H,19,21). The molecule has 0 aliphatic rings. The zero-order valence-electron chi connectivity index (χ0n) is 11.1. The molecule has 0 unspecified atom stereocenters. The van der Waals surface area contributed by atoms with Gasteiger partial charge >= 0.3 is 0 Å². The molecule has 0 saturated heterocycles. The van der Waals surface area contributed by atoms with Crippen molar-refractivity contribution >= 4 is 22.8 Å². The highest BCUT2D eigenvalue weighted by atomic mass is 16.3. The van der Waals surface area contributed by atoms with E-state index < -0.39 is 0 Å². The Morgan fingerprint density at radius 1 is 1.10 bits per heavy atom. The highest BCUT2D eigenvalue weighted by Crippen LogP contribution is 2.24. The van der Waals surface area contributed by atoms with Gasteiger partial charge < -0.3 is 5.11 Å². The SMILES string of the molecule is O=C(C=Cc1ccncc1)c1cc(O)c2ccccc2n1. The van der Waals surface area contributed by atoms with Gasteiger partial charge in [0.2, 0.25) is 5.78 Å². The predicted octanol–water partition coefficient (Wildman–Crippen LogP) is 3.23. The van der Waals surface area contributed by atoms with Crippen molar-refractivity contribution in [3.63, 3.8) is 0 Å². The number of aromatic nitrogens is 2. The molecule has 2 heterocycles. The Kier molecular flexibility index (Phi) is 3.43. The van der Waals surface area contributed by atoms with Gasteiger partial charge in [-0.1, -0.05) is 18.2 Å². The third kappa shape index (κ3) is 2.79. The number of allylic oxidation sites excluding steroid dienone is 1. The Morgan fingerprint density at radius 3 is 2.67 bits per heavy atom. The van der Waals surface area contributed by atoms with Gasteiger partial charge in [-0.15, -0.1) is 0 Å². The van der Waals surface area contributed by atoms with Gasteiger partial charge in [-0.3, -0.25) is 9.78 Å². The minimum Gasteiger partial charge on any atom is -0.507 e. The fraction of sp³-hybridized carbons (Fsp3) is 0. The molecule has 0 aliphatic carbocycles. The molecule has 1 N–H and O–H groups in total. The van der Waals surface area contributed by atoms with Crippen LogP contribution in [0.1, 0.15) is 16.1 Å². The third-order valence-corrected chi connectivity index (χ3v) is 3.08. The van der Waals surface area contributed by atoms with Crippen LogP contribution in [-0.2, 0) is 0 Å². The maximum absolute atomic E-state index is 12.1. The van der Waals surface area contributed by atoms with Crippen molar-refractivity contribution < 1.29 is 9.90 Å². The first-order valence-corrected chi connectivity index (χ1v) is 6.45. The first-order valence-electron chi connectivity index (χ1n) is 6.45. The fourth-order valence-electron chi connectivity index (χ4n) is 2.02. The Bertz CT molecular complexity index is 827. The molecule has 1 aromatic carbocycles. The highest BCUT2D eigenvalue weighted by Gasteiger charge is 2.09. The summed E-state index contributed by atoms with van der Waals surface area (Å²) in [5.41, 5.74) is 1.69. The van der Waals surface area contributed by atoms with Crippen LogP contribution in [-0.4, -0.2) is 20.9 Å². The number of carbonyl (C=O) groups is 1. The molecule has 102 valence electrons. The second-order valence-electron chi connectivity index (χ2n) is 4.52. The molecule has 3 rings (SSSR count). The summed E-state index contributed by atoms with van der Waals surface area (Å²) >= 11 is 0. The van der Waals surface area contributed by atoms with Crippen molar-refractivity contribution in [2.45, 2.75) is 0 Å². The van der Waals surface area contributed by atoms with Gasteiger partial charge in [-0.25, -0.2) is 4.98 Å². The van der Waals surface area contributed by atoms with Crippen molar-refractivity contribution in [3.8, 4) is 5.75 Å². The molecule has 0 saturated carbocycles. The molecule has 3 aromatic rings. The second kappa shape index (κ2) is 5.54. The van der Waals surface area contributed by atoms with Gasteiger partial charge in [0.25, 0.3) is 0 Å². The molecule has 0 aliphatic heterocycles. The van der Waals surface area contributed by atoms with Gasteiger partial charge in [0.05, 0.1) is 5.52 Å². The van der Waals surface area contributed by atoms with E-state index in [-0.39, 0.29) is 17.2 Å². The van der Waals surface area contributed by atoms with Crippen LogP contribution < -0.4 is 0 Å². The average molecular weight is 276 g/mol. The van der Waals surface area contributed by atoms with Crippen LogP contribution in [0.15, 0.2) is 60.9 Å². The molecule has 0 spiro atoms. The molecule has 4 nitrogen and oxygen atoms in total. The van der Waals surface area contributed by atoms with Crippen LogP contribution in [0.2, 0.25) is 0 Å². The smallest absolute Gasteiger partial charge is 0.204 e. The van der Waals surface area contributed by atoms with Crippen molar-refractivity contribution in [1.82, 2.24) is 9.97 Å². The monoisotopic (exact) mass is 276 g/mol. The summed E-state index contributed by atoms with van der Waals surface area (Å²) in [6.45, 7) is 0. The van der Waals surface area contributed by atoms with Crippen molar-refractivity contribution in [2.75, 3.05) is 0 Å². The fourth-order valence-corrected chi connectivity index (χ4v) is 2.02. The van der Waals surface area contributed by atoms with Gasteiger partial charge in [-0.2, -0.15) is 0 Å². The Morgan fingerprint density at radius 2 is 1.86 bits per heavy atom. The lowest BCUT2D eigenvalue weighted by molar-refractivity contribution is 0.104. The second-order valence-corrected chi connectivity index (χ2v) is 4.52. The maximum atomic E-state index is 12.1. The average Bonchev–Trinajstić information content (AvgIpc) is 2.53. The number of carbonyl (C=O) groups excluding carboxylic acids is 1. The molecule has 0 fully saturated rings. The van der Waals surface area contributed by atoms with Crippen molar-refractivity contribution in [2.24, 2.45) is 0 Å². The lowest BCUT2D eigenvalue weighted by Gasteiger charge is -2.02. The Hall–Kier alpha value is -3.01. The molecule has 0 radical (unpaired) electrons. The topological polar surface area (TPSA) is 63.1 Å². The summed E-state index contributed by atoms with van der Waals surface area (Å²) in [7, 11) is 0. The molecular weight excluding hydrogens is 264 g/mol. The lowest BCUT2D eigenvalue weighted by Crippen LogP contribution is -1.98. The minimum absolute atomic E-state index is 0.0567. The van der Waals surface area contributed by atoms with E-state index in [2.05, 4.69) is 9.97 Å². The third-order valence-electron chi connectivity index (χ3n) is 3.08. The lowest BCUT2D eigenvalue weighted by atomic mass is 10.1. The molecule has 4 heteroatoms. The number of hydrogen-bond donors (Lipinski definition) is 1. The summed E-state index contributed by atoms with van der Waals surface area (Å²) in [4.78, 5) is 20.3. The molecule has 21 heavy (non-hydrogen) atoms. The maximum Gasteiger partial charge on any atom is 0.204 e. The van der Waals surface area contributed by atoms with Gasteiger partial charge in [0.15, 0.2) is 0 Å². The van der Waals surface area contributed by atoms with Crippen LogP contribution in [0.5, 0.6) is 5.75 Å². The number of benzene rings is 1. The summed E-state index contributed by atoms with van der Waals surface area (Å²) < 4.78 is 0. The molecule has 0 bridgehead atoms. The van der Waals surface area contributed by atoms with Gasteiger partial charge in [0, 0.05) is 23.8 Å². The van der Waals surface area contributed by atoms with E-state index in [0.29, 0.717) is 10.9 Å². The summed E-state index contributed by atoms with van der Waals surface area (Å²) in [5.74, 6) is -0.200. The zero-order valence-corrected chi connectivity index (χ0v) is 11.1. The van der Waals surface area contributed by atoms with E-state index in [1.54, 1.807) is 42.7 Å².